The lowest BCUT2D eigenvalue weighted by molar-refractivity contribution is -0.842. The van der Waals surface area contributed by atoms with Gasteiger partial charge in [-0.2, -0.15) is 0 Å². The lowest BCUT2D eigenvalue weighted by Gasteiger charge is -2.25. The minimum Gasteiger partial charge on any atom is -0.298 e. The van der Waals surface area contributed by atoms with Gasteiger partial charge in [-0.1, -0.05) is 48.5 Å². The van der Waals surface area contributed by atoms with Gasteiger partial charge < -0.3 is 0 Å². The molecular formula is C18H20N+. The SMILES string of the molecule is C1=C(c2ccccc2)[NH+](Cc2ccccc2)CCC1. The number of quaternary nitrogens is 1. The highest BCUT2D eigenvalue weighted by molar-refractivity contribution is 5.58. The van der Waals surface area contributed by atoms with Gasteiger partial charge in [0.1, 0.15) is 12.2 Å². The summed E-state index contributed by atoms with van der Waals surface area (Å²) in [6, 6.07) is 21.6. The predicted molar refractivity (Wildman–Crippen MR) is 79.6 cm³/mol. The molecule has 1 heteroatoms. The second-order valence-corrected chi connectivity index (χ2v) is 5.14. The normalized spacial score (nSPS) is 18.9. The third kappa shape index (κ3) is 2.94. The standard InChI is InChI=1S/C18H19N/c1-3-9-16(10-4-1)15-19-14-8-7-13-18(19)17-11-5-2-6-12-17/h1-6,9-13H,7-8,14-15H2/p+1. The summed E-state index contributed by atoms with van der Waals surface area (Å²) in [4.78, 5) is 1.59. The number of nitrogens with one attached hydrogen (secondary N) is 1. The van der Waals surface area contributed by atoms with E-state index in [-0.39, 0.29) is 0 Å². The first-order chi connectivity index (χ1) is 9.43. The van der Waals surface area contributed by atoms with Crippen LogP contribution in [0, 0.1) is 0 Å². The van der Waals surface area contributed by atoms with Crippen LogP contribution in [0.4, 0.5) is 0 Å². The summed E-state index contributed by atoms with van der Waals surface area (Å²) < 4.78 is 0. The highest BCUT2D eigenvalue weighted by Gasteiger charge is 2.20. The van der Waals surface area contributed by atoms with Gasteiger partial charge in [-0.25, -0.2) is 0 Å². The number of allylic oxidation sites excluding steroid dienone is 1. The Morgan fingerprint density at radius 1 is 0.842 bits per heavy atom. The molecule has 0 bridgehead atoms. The van der Waals surface area contributed by atoms with E-state index in [1.54, 1.807) is 4.90 Å². The van der Waals surface area contributed by atoms with Crippen molar-refractivity contribution in [3.8, 4) is 0 Å². The fourth-order valence-corrected chi connectivity index (χ4v) is 2.81. The van der Waals surface area contributed by atoms with E-state index in [1.165, 1.54) is 36.2 Å². The maximum absolute atomic E-state index is 2.41. The fraction of sp³-hybridized carbons (Fsp3) is 0.222. The van der Waals surface area contributed by atoms with Crippen LogP contribution in [0.1, 0.15) is 24.0 Å². The molecule has 1 N–H and O–H groups in total. The maximum Gasteiger partial charge on any atom is 0.134 e. The van der Waals surface area contributed by atoms with Crippen LogP contribution in [0.25, 0.3) is 5.70 Å². The quantitative estimate of drug-likeness (QED) is 0.854. The van der Waals surface area contributed by atoms with Crippen molar-refractivity contribution in [2.24, 2.45) is 0 Å². The van der Waals surface area contributed by atoms with Gasteiger partial charge >= 0.3 is 0 Å². The maximum atomic E-state index is 2.41. The van der Waals surface area contributed by atoms with Gasteiger partial charge in [-0.3, -0.25) is 4.90 Å². The van der Waals surface area contributed by atoms with E-state index in [9.17, 15) is 0 Å². The first-order valence-electron chi connectivity index (χ1n) is 7.08. The molecule has 0 aromatic heterocycles. The van der Waals surface area contributed by atoms with Crippen LogP contribution in [0.15, 0.2) is 66.7 Å². The molecule has 0 saturated heterocycles. The summed E-state index contributed by atoms with van der Waals surface area (Å²) >= 11 is 0. The van der Waals surface area contributed by atoms with Gasteiger partial charge in [0.25, 0.3) is 0 Å². The molecule has 2 aromatic rings. The Kier molecular flexibility index (Phi) is 3.75. The van der Waals surface area contributed by atoms with Crippen LogP contribution < -0.4 is 4.90 Å². The molecule has 0 spiro atoms. The topological polar surface area (TPSA) is 4.44 Å². The lowest BCUT2D eigenvalue weighted by Crippen LogP contribution is -3.08. The Morgan fingerprint density at radius 3 is 2.26 bits per heavy atom. The smallest absolute Gasteiger partial charge is 0.134 e. The molecule has 1 aliphatic rings. The van der Waals surface area contributed by atoms with E-state index in [4.69, 9.17) is 0 Å². The Labute approximate surface area is 115 Å². The molecule has 3 rings (SSSR count). The van der Waals surface area contributed by atoms with Gasteiger partial charge in [0.2, 0.25) is 0 Å². The van der Waals surface area contributed by atoms with E-state index < -0.39 is 0 Å². The summed E-state index contributed by atoms with van der Waals surface area (Å²) in [6.45, 7) is 2.32. The number of benzene rings is 2. The molecule has 0 amide bonds. The monoisotopic (exact) mass is 250 g/mol. The summed E-state index contributed by atoms with van der Waals surface area (Å²) in [5, 5.41) is 0. The fourth-order valence-electron chi connectivity index (χ4n) is 2.81. The van der Waals surface area contributed by atoms with E-state index in [1.807, 2.05) is 0 Å². The van der Waals surface area contributed by atoms with E-state index in [2.05, 4.69) is 66.7 Å². The average Bonchev–Trinajstić information content (AvgIpc) is 2.50. The minimum atomic E-state index is 1.08. The first-order valence-corrected chi connectivity index (χ1v) is 7.08. The average molecular weight is 250 g/mol. The van der Waals surface area contributed by atoms with Crippen molar-refractivity contribution in [1.82, 2.24) is 0 Å². The number of rotatable bonds is 3. The van der Waals surface area contributed by atoms with Crippen molar-refractivity contribution in [3.05, 3.63) is 77.9 Å². The third-order valence-corrected chi connectivity index (χ3v) is 3.76. The third-order valence-electron chi connectivity index (χ3n) is 3.76. The van der Waals surface area contributed by atoms with Gasteiger partial charge in [0, 0.05) is 17.5 Å². The Bertz CT molecular complexity index is 542. The van der Waals surface area contributed by atoms with E-state index in [0.717, 1.165) is 6.54 Å². The van der Waals surface area contributed by atoms with Crippen LogP contribution in [-0.2, 0) is 6.54 Å². The minimum absolute atomic E-state index is 1.08. The summed E-state index contributed by atoms with van der Waals surface area (Å²) in [7, 11) is 0. The Hall–Kier alpha value is -1.86. The van der Waals surface area contributed by atoms with Crippen molar-refractivity contribution in [1.29, 1.82) is 0 Å². The zero-order valence-electron chi connectivity index (χ0n) is 11.2. The molecule has 0 fully saturated rings. The van der Waals surface area contributed by atoms with Gasteiger partial charge in [-0.15, -0.1) is 0 Å². The molecule has 1 aliphatic heterocycles. The van der Waals surface area contributed by atoms with Crippen molar-refractivity contribution < 1.29 is 4.90 Å². The highest BCUT2D eigenvalue weighted by atomic mass is 15.1. The molecule has 96 valence electrons. The summed E-state index contributed by atoms with van der Waals surface area (Å²) in [5.74, 6) is 0. The van der Waals surface area contributed by atoms with E-state index in [0.29, 0.717) is 0 Å². The molecule has 1 nitrogen and oxygen atoms in total. The molecule has 0 radical (unpaired) electrons. The van der Waals surface area contributed by atoms with Crippen LogP contribution in [0.3, 0.4) is 0 Å². The van der Waals surface area contributed by atoms with Gasteiger partial charge in [0.15, 0.2) is 0 Å². The predicted octanol–water partition coefficient (Wildman–Crippen LogP) is 2.91. The zero-order chi connectivity index (χ0) is 12.9. The number of hydrogen-bond acceptors (Lipinski definition) is 0. The Balaban J connectivity index is 1.84. The van der Waals surface area contributed by atoms with E-state index >= 15 is 0 Å². The van der Waals surface area contributed by atoms with Crippen molar-refractivity contribution >= 4 is 5.70 Å². The van der Waals surface area contributed by atoms with Crippen molar-refractivity contribution in [2.75, 3.05) is 6.54 Å². The molecule has 1 atom stereocenters. The molecule has 2 aromatic carbocycles. The highest BCUT2D eigenvalue weighted by Crippen LogP contribution is 2.13. The summed E-state index contributed by atoms with van der Waals surface area (Å²) in [5.41, 5.74) is 4.25. The van der Waals surface area contributed by atoms with Crippen molar-refractivity contribution in [3.63, 3.8) is 0 Å². The zero-order valence-corrected chi connectivity index (χ0v) is 11.2. The summed E-state index contributed by atoms with van der Waals surface area (Å²) in [6.07, 6.45) is 4.91. The molecule has 1 unspecified atom stereocenters. The van der Waals surface area contributed by atoms with Crippen LogP contribution in [-0.4, -0.2) is 6.54 Å². The second-order valence-electron chi connectivity index (χ2n) is 5.14. The van der Waals surface area contributed by atoms with Crippen LogP contribution >= 0.6 is 0 Å². The molecule has 1 heterocycles. The largest absolute Gasteiger partial charge is 0.298 e. The van der Waals surface area contributed by atoms with Crippen LogP contribution in [0.2, 0.25) is 0 Å². The Morgan fingerprint density at radius 2 is 1.53 bits per heavy atom. The molecule has 0 saturated carbocycles. The van der Waals surface area contributed by atoms with Gasteiger partial charge in [0.05, 0.1) is 6.54 Å². The van der Waals surface area contributed by atoms with Crippen molar-refractivity contribution in [2.45, 2.75) is 19.4 Å². The lowest BCUT2D eigenvalue weighted by atomic mass is 10.0. The molecular weight excluding hydrogens is 230 g/mol. The molecule has 0 aliphatic carbocycles. The van der Waals surface area contributed by atoms with Gasteiger partial charge in [-0.05, 0) is 24.6 Å². The first kappa shape index (κ1) is 12.2. The second kappa shape index (κ2) is 5.85. The van der Waals surface area contributed by atoms with Crippen LogP contribution in [0.5, 0.6) is 0 Å². The number of hydrogen-bond donors (Lipinski definition) is 1. The molecule has 19 heavy (non-hydrogen) atoms.